The molecule has 0 spiro atoms. The number of H-pyrrole nitrogens is 1. The molecule has 8 heteroatoms. The van der Waals surface area contributed by atoms with E-state index in [1.165, 1.54) is 11.2 Å². The minimum atomic E-state index is -0.838. The fraction of sp³-hybridized carbons (Fsp3) is 0.636. The number of carboxylic acids is 1. The average molecular weight is 267 g/mol. The fourth-order valence-corrected chi connectivity index (χ4v) is 2.19. The molecule has 1 aliphatic heterocycles. The Balaban J connectivity index is 1.93. The van der Waals surface area contributed by atoms with Crippen LogP contribution in [0.15, 0.2) is 6.33 Å². The van der Waals surface area contributed by atoms with Gasteiger partial charge in [0.05, 0.1) is 12.5 Å². The molecule has 1 atom stereocenters. The van der Waals surface area contributed by atoms with Gasteiger partial charge in [0.25, 0.3) is 0 Å². The molecule has 0 bridgehead atoms. The van der Waals surface area contributed by atoms with Crippen LogP contribution in [0.2, 0.25) is 0 Å². The zero-order chi connectivity index (χ0) is 13.8. The van der Waals surface area contributed by atoms with Gasteiger partial charge in [-0.1, -0.05) is 0 Å². The molecule has 0 radical (unpaired) electrons. The molecule has 8 nitrogen and oxygen atoms in total. The molecular weight excluding hydrogens is 250 g/mol. The van der Waals surface area contributed by atoms with Gasteiger partial charge in [-0.15, -0.1) is 0 Å². The molecule has 104 valence electrons. The first-order chi connectivity index (χ1) is 9.08. The van der Waals surface area contributed by atoms with Crippen molar-refractivity contribution < 1.29 is 14.7 Å². The summed E-state index contributed by atoms with van der Waals surface area (Å²) in [6.45, 7) is 1.20. The minimum Gasteiger partial charge on any atom is -0.481 e. The lowest BCUT2D eigenvalue weighted by Crippen LogP contribution is -2.47. The molecule has 1 aromatic rings. The molecule has 1 aromatic heterocycles. The largest absolute Gasteiger partial charge is 0.481 e. The number of aromatic amines is 1. The molecule has 0 unspecified atom stereocenters. The normalized spacial score (nSPS) is 19.2. The zero-order valence-corrected chi connectivity index (χ0v) is 10.7. The summed E-state index contributed by atoms with van der Waals surface area (Å²) >= 11 is 0. The summed E-state index contributed by atoms with van der Waals surface area (Å²) in [5.41, 5.74) is 0. The number of hydrogen-bond donors (Lipinski definition) is 2. The van der Waals surface area contributed by atoms with Crippen LogP contribution in [-0.4, -0.2) is 62.2 Å². The van der Waals surface area contributed by atoms with Crippen molar-refractivity contribution in [2.24, 2.45) is 5.92 Å². The topological polar surface area (TPSA) is 102 Å². The second-order valence-corrected chi connectivity index (χ2v) is 4.69. The Hall–Kier alpha value is -2.12. The highest BCUT2D eigenvalue weighted by atomic mass is 16.4. The van der Waals surface area contributed by atoms with Crippen molar-refractivity contribution in [2.75, 3.05) is 20.1 Å². The zero-order valence-electron chi connectivity index (χ0n) is 10.7. The first kappa shape index (κ1) is 13.3. The smallest absolute Gasteiger partial charge is 0.320 e. The maximum absolute atomic E-state index is 12.2. The van der Waals surface area contributed by atoms with E-state index >= 15 is 0 Å². The quantitative estimate of drug-likeness (QED) is 0.811. The lowest BCUT2D eigenvalue weighted by molar-refractivity contribution is -0.143. The van der Waals surface area contributed by atoms with Gasteiger partial charge in [0.1, 0.15) is 12.2 Å². The number of carbonyl (C=O) groups excluding carboxylic acids is 1. The summed E-state index contributed by atoms with van der Waals surface area (Å²) < 4.78 is 0. The number of nitrogens with one attached hydrogen (secondary N) is 1. The molecule has 2 heterocycles. The molecule has 2 N–H and O–H groups in total. The number of piperidine rings is 1. The van der Waals surface area contributed by atoms with Gasteiger partial charge in [0.15, 0.2) is 0 Å². The molecule has 0 aliphatic carbocycles. The van der Waals surface area contributed by atoms with Crippen molar-refractivity contribution in [3.8, 4) is 0 Å². The van der Waals surface area contributed by atoms with E-state index in [2.05, 4.69) is 15.2 Å². The molecule has 1 saturated heterocycles. The third-order valence-corrected chi connectivity index (χ3v) is 3.22. The Morgan fingerprint density at radius 2 is 2.42 bits per heavy atom. The summed E-state index contributed by atoms with van der Waals surface area (Å²) in [5, 5.41) is 15.4. The fourth-order valence-electron chi connectivity index (χ4n) is 2.19. The van der Waals surface area contributed by atoms with Crippen LogP contribution in [0, 0.1) is 5.92 Å². The van der Waals surface area contributed by atoms with Gasteiger partial charge in [-0.3, -0.25) is 9.89 Å². The van der Waals surface area contributed by atoms with Gasteiger partial charge in [0, 0.05) is 20.1 Å². The van der Waals surface area contributed by atoms with Gasteiger partial charge in [-0.05, 0) is 12.8 Å². The Labute approximate surface area is 110 Å². The van der Waals surface area contributed by atoms with Crippen LogP contribution < -0.4 is 0 Å². The number of likely N-dealkylation sites (tertiary alicyclic amines) is 1. The molecule has 1 fully saturated rings. The van der Waals surface area contributed by atoms with Gasteiger partial charge in [-0.2, -0.15) is 5.10 Å². The summed E-state index contributed by atoms with van der Waals surface area (Å²) in [4.78, 5) is 30.2. The second-order valence-electron chi connectivity index (χ2n) is 4.69. The number of amides is 2. The predicted molar refractivity (Wildman–Crippen MR) is 65.2 cm³/mol. The van der Waals surface area contributed by atoms with E-state index in [1.54, 1.807) is 11.9 Å². The van der Waals surface area contributed by atoms with Crippen LogP contribution in [0.4, 0.5) is 4.79 Å². The maximum atomic E-state index is 12.2. The van der Waals surface area contributed by atoms with Crippen molar-refractivity contribution >= 4 is 12.0 Å². The highest BCUT2D eigenvalue weighted by Gasteiger charge is 2.29. The third-order valence-electron chi connectivity index (χ3n) is 3.22. The Bertz CT molecular complexity index is 447. The Morgan fingerprint density at radius 1 is 1.63 bits per heavy atom. The van der Waals surface area contributed by atoms with Crippen molar-refractivity contribution in [2.45, 2.75) is 19.4 Å². The molecule has 0 aromatic carbocycles. The van der Waals surface area contributed by atoms with E-state index in [9.17, 15) is 9.59 Å². The predicted octanol–water partition coefficient (Wildman–Crippen LogP) is 0.153. The van der Waals surface area contributed by atoms with Gasteiger partial charge < -0.3 is 14.9 Å². The number of urea groups is 1. The van der Waals surface area contributed by atoms with E-state index in [4.69, 9.17) is 5.11 Å². The molecule has 2 rings (SSSR count). The molecule has 19 heavy (non-hydrogen) atoms. The molecular formula is C11H17N5O3. The van der Waals surface area contributed by atoms with Crippen LogP contribution >= 0.6 is 0 Å². The van der Waals surface area contributed by atoms with E-state index in [1.807, 2.05) is 0 Å². The first-order valence-corrected chi connectivity index (χ1v) is 6.15. The molecule has 2 amide bonds. The van der Waals surface area contributed by atoms with Crippen LogP contribution in [0.1, 0.15) is 18.7 Å². The third kappa shape index (κ3) is 3.21. The molecule has 0 saturated carbocycles. The van der Waals surface area contributed by atoms with E-state index in [0.29, 0.717) is 25.3 Å². The Morgan fingerprint density at radius 3 is 3.05 bits per heavy atom. The number of nitrogens with zero attached hydrogens (tertiary/aromatic N) is 4. The van der Waals surface area contributed by atoms with Gasteiger partial charge in [-0.25, -0.2) is 9.78 Å². The first-order valence-electron chi connectivity index (χ1n) is 6.15. The Kier molecular flexibility index (Phi) is 3.98. The number of carboxylic acid groups (broad SMARTS) is 1. The number of aromatic nitrogens is 3. The second kappa shape index (κ2) is 5.68. The standard InChI is InChI=1S/C11H17N5O3/c1-15(6-9-12-7-13-14-9)11(19)16-4-2-3-8(5-16)10(17)18/h7-8H,2-6H2,1H3,(H,17,18)(H,12,13,14)/t8-/m1/s1. The van der Waals surface area contributed by atoms with Crippen LogP contribution in [-0.2, 0) is 11.3 Å². The number of carbonyl (C=O) groups is 2. The monoisotopic (exact) mass is 267 g/mol. The van der Waals surface area contributed by atoms with E-state index < -0.39 is 11.9 Å². The summed E-state index contributed by atoms with van der Waals surface area (Å²) in [5.74, 6) is -0.700. The van der Waals surface area contributed by atoms with Crippen molar-refractivity contribution in [3.05, 3.63) is 12.2 Å². The van der Waals surface area contributed by atoms with Crippen LogP contribution in [0.25, 0.3) is 0 Å². The molecule has 1 aliphatic rings. The van der Waals surface area contributed by atoms with Crippen LogP contribution in [0.3, 0.4) is 0 Å². The highest BCUT2D eigenvalue weighted by Crippen LogP contribution is 2.18. The average Bonchev–Trinajstić information content (AvgIpc) is 2.90. The van der Waals surface area contributed by atoms with E-state index in [0.717, 1.165) is 6.42 Å². The van der Waals surface area contributed by atoms with Gasteiger partial charge in [0.2, 0.25) is 0 Å². The van der Waals surface area contributed by atoms with Crippen molar-refractivity contribution in [1.82, 2.24) is 25.0 Å². The minimum absolute atomic E-state index is 0.178. The number of rotatable bonds is 3. The lowest BCUT2D eigenvalue weighted by atomic mass is 9.99. The summed E-state index contributed by atoms with van der Waals surface area (Å²) in [6.07, 6.45) is 2.73. The number of hydrogen-bond acceptors (Lipinski definition) is 4. The van der Waals surface area contributed by atoms with Crippen molar-refractivity contribution in [1.29, 1.82) is 0 Å². The number of aliphatic carboxylic acids is 1. The lowest BCUT2D eigenvalue weighted by Gasteiger charge is -2.33. The summed E-state index contributed by atoms with van der Waals surface area (Å²) in [7, 11) is 1.66. The summed E-state index contributed by atoms with van der Waals surface area (Å²) in [6, 6.07) is -0.178. The highest BCUT2D eigenvalue weighted by molar-refractivity contribution is 5.76. The van der Waals surface area contributed by atoms with Crippen molar-refractivity contribution in [3.63, 3.8) is 0 Å². The maximum Gasteiger partial charge on any atom is 0.320 e. The van der Waals surface area contributed by atoms with Crippen LogP contribution in [0.5, 0.6) is 0 Å². The SMILES string of the molecule is CN(Cc1ncn[nH]1)C(=O)N1CCC[C@@H](C(=O)O)C1. The van der Waals surface area contributed by atoms with Gasteiger partial charge >= 0.3 is 12.0 Å². The van der Waals surface area contributed by atoms with E-state index in [-0.39, 0.29) is 12.6 Å².